The summed E-state index contributed by atoms with van der Waals surface area (Å²) >= 11 is 3.05. The van der Waals surface area contributed by atoms with Gasteiger partial charge in [0.05, 0.1) is 9.58 Å². The van der Waals surface area contributed by atoms with Gasteiger partial charge in [-0.25, -0.2) is 4.98 Å². The Balaban J connectivity index is 1.38. The summed E-state index contributed by atoms with van der Waals surface area (Å²) in [7, 11) is -1.78. The van der Waals surface area contributed by atoms with E-state index in [1.165, 1.54) is 22.1 Å². The number of nitrogens with zero attached hydrogens (tertiary/aromatic N) is 5. The van der Waals surface area contributed by atoms with Crippen molar-refractivity contribution in [1.82, 2.24) is 18.5 Å². The molecule has 4 rings (SSSR count). The molecular formula is C21H33N5O3S3. The van der Waals surface area contributed by atoms with Crippen LogP contribution in [0, 0.1) is 0 Å². The third-order valence-electron chi connectivity index (χ3n) is 6.63. The topological polar surface area (TPSA) is 77.1 Å². The first-order chi connectivity index (χ1) is 15.3. The van der Waals surface area contributed by atoms with Gasteiger partial charge in [0.2, 0.25) is 0 Å². The van der Waals surface area contributed by atoms with Crippen LogP contribution in [-0.4, -0.2) is 85.2 Å². The fraction of sp³-hybridized carbons (Fsp3) is 0.714. The number of thiophene rings is 1. The highest BCUT2D eigenvalue weighted by molar-refractivity contribution is 7.86. The molecule has 0 unspecified atom stereocenters. The number of piperazine rings is 1. The van der Waals surface area contributed by atoms with Gasteiger partial charge in [0.15, 0.2) is 5.13 Å². The van der Waals surface area contributed by atoms with Crippen LogP contribution in [0.5, 0.6) is 0 Å². The molecule has 1 saturated heterocycles. The Morgan fingerprint density at radius 2 is 1.75 bits per heavy atom. The van der Waals surface area contributed by atoms with Crippen molar-refractivity contribution in [2.45, 2.75) is 52.0 Å². The summed E-state index contributed by atoms with van der Waals surface area (Å²) in [6.07, 6.45) is 5.26. The highest BCUT2D eigenvalue weighted by Gasteiger charge is 2.35. The molecule has 1 aliphatic carbocycles. The van der Waals surface area contributed by atoms with E-state index in [9.17, 15) is 13.2 Å². The van der Waals surface area contributed by atoms with Gasteiger partial charge in [-0.1, -0.05) is 30.6 Å². The predicted octanol–water partition coefficient (Wildman–Crippen LogP) is 3.47. The number of hydrogen-bond donors (Lipinski definition) is 0. The van der Waals surface area contributed by atoms with Crippen molar-refractivity contribution in [3.8, 4) is 0 Å². The third-order valence-corrected chi connectivity index (χ3v) is 10.9. The van der Waals surface area contributed by atoms with E-state index in [1.54, 1.807) is 27.6 Å². The van der Waals surface area contributed by atoms with E-state index in [1.807, 2.05) is 6.07 Å². The average Bonchev–Trinajstić information content (AvgIpc) is 3.39. The first kappa shape index (κ1) is 23.9. The van der Waals surface area contributed by atoms with Crippen LogP contribution in [0.15, 0.2) is 6.07 Å². The lowest BCUT2D eigenvalue weighted by Crippen LogP contribution is -2.55. The van der Waals surface area contributed by atoms with Gasteiger partial charge < -0.3 is 9.80 Å². The zero-order valence-electron chi connectivity index (χ0n) is 19.1. The van der Waals surface area contributed by atoms with E-state index in [2.05, 4.69) is 18.7 Å². The normalized spacial score (nSPS) is 19.2. The standard InChI is InChI=1S/C21H33N5O3S3/c1-4-24(5-2)21-22-19-17(31-21)15-18(30-19)20(27)25-11-13-26(14-12-25)32(28,29)23(3)16-9-7-6-8-10-16/h15-16H,4-14H2,1-3H3. The van der Waals surface area contributed by atoms with Crippen LogP contribution in [0.3, 0.4) is 0 Å². The molecule has 1 aliphatic heterocycles. The van der Waals surface area contributed by atoms with Crippen molar-refractivity contribution in [2.75, 3.05) is 51.2 Å². The Kier molecular flexibility index (Phi) is 7.40. The number of carbonyl (C=O) groups is 1. The van der Waals surface area contributed by atoms with Gasteiger partial charge in [0.1, 0.15) is 4.83 Å². The van der Waals surface area contributed by atoms with E-state index in [-0.39, 0.29) is 11.9 Å². The maximum absolute atomic E-state index is 13.1. The van der Waals surface area contributed by atoms with Gasteiger partial charge in [-0.15, -0.1) is 11.3 Å². The summed E-state index contributed by atoms with van der Waals surface area (Å²) in [5.74, 6) is -0.0257. The summed E-state index contributed by atoms with van der Waals surface area (Å²) in [6.45, 7) is 7.56. The van der Waals surface area contributed by atoms with Crippen LogP contribution in [-0.2, 0) is 10.2 Å². The number of hydrogen-bond acceptors (Lipinski definition) is 7. The number of amides is 1. The average molecular weight is 500 g/mol. The van der Waals surface area contributed by atoms with Gasteiger partial charge >= 0.3 is 0 Å². The number of fused-ring (bicyclic) bond motifs is 1. The number of aromatic nitrogens is 1. The second-order valence-electron chi connectivity index (χ2n) is 8.46. The van der Waals surface area contributed by atoms with Crippen molar-refractivity contribution < 1.29 is 13.2 Å². The zero-order chi connectivity index (χ0) is 22.9. The first-order valence-electron chi connectivity index (χ1n) is 11.5. The molecule has 0 bridgehead atoms. The summed E-state index contributed by atoms with van der Waals surface area (Å²) < 4.78 is 30.3. The minimum atomic E-state index is -3.49. The molecule has 1 amide bonds. The van der Waals surface area contributed by atoms with Crippen molar-refractivity contribution in [3.05, 3.63) is 10.9 Å². The quantitative estimate of drug-likeness (QED) is 0.583. The Hall–Kier alpha value is -1.27. The minimum absolute atomic E-state index is 0.0257. The molecule has 178 valence electrons. The molecule has 3 heterocycles. The van der Waals surface area contributed by atoms with Gasteiger partial charge in [0.25, 0.3) is 16.1 Å². The minimum Gasteiger partial charge on any atom is -0.349 e. The van der Waals surface area contributed by atoms with Crippen LogP contribution in [0.2, 0.25) is 0 Å². The van der Waals surface area contributed by atoms with E-state index < -0.39 is 10.2 Å². The van der Waals surface area contributed by atoms with Crippen molar-refractivity contribution in [2.24, 2.45) is 0 Å². The Labute approximate surface area is 199 Å². The van der Waals surface area contributed by atoms with Crippen molar-refractivity contribution >= 4 is 53.5 Å². The predicted molar refractivity (Wildman–Crippen MR) is 132 cm³/mol. The Morgan fingerprint density at radius 1 is 1.09 bits per heavy atom. The molecule has 0 atom stereocenters. The molecule has 1 saturated carbocycles. The fourth-order valence-electron chi connectivity index (χ4n) is 4.55. The third kappa shape index (κ3) is 4.68. The molecule has 0 N–H and O–H groups in total. The SMILES string of the molecule is CCN(CC)c1nc2sc(C(=O)N3CCN(S(=O)(=O)N(C)C4CCCCC4)CC3)cc2s1. The molecule has 2 fully saturated rings. The highest BCUT2D eigenvalue weighted by Crippen LogP contribution is 2.35. The van der Waals surface area contributed by atoms with E-state index in [0.29, 0.717) is 31.1 Å². The van der Waals surface area contributed by atoms with Gasteiger partial charge in [-0.3, -0.25) is 4.79 Å². The van der Waals surface area contributed by atoms with E-state index in [4.69, 9.17) is 4.98 Å². The highest BCUT2D eigenvalue weighted by atomic mass is 32.2. The molecule has 0 aromatic carbocycles. The lowest BCUT2D eigenvalue weighted by Gasteiger charge is -2.38. The second-order valence-corrected chi connectivity index (χ2v) is 12.5. The molecule has 2 aliphatic rings. The molecule has 32 heavy (non-hydrogen) atoms. The van der Waals surface area contributed by atoms with Crippen LogP contribution in [0.4, 0.5) is 5.13 Å². The number of anilines is 1. The largest absolute Gasteiger partial charge is 0.349 e. The smallest absolute Gasteiger partial charge is 0.282 e. The molecule has 2 aromatic heterocycles. The fourth-order valence-corrected chi connectivity index (χ4v) is 8.43. The molecule has 11 heteroatoms. The summed E-state index contributed by atoms with van der Waals surface area (Å²) in [6, 6.07) is 2.04. The molecule has 2 aromatic rings. The number of thiazole rings is 1. The van der Waals surface area contributed by atoms with Crippen LogP contribution >= 0.6 is 22.7 Å². The van der Waals surface area contributed by atoms with Gasteiger partial charge in [-0.2, -0.15) is 17.0 Å². The van der Waals surface area contributed by atoms with Crippen LogP contribution < -0.4 is 4.90 Å². The Morgan fingerprint density at radius 3 is 2.34 bits per heavy atom. The maximum Gasteiger partial charge on any atom is 0.282 e. The van der Waals surface area contributed by atoms with Gasteiger partial charge in [0, 0.05) is 52.4 Å². The van der Waals surface area contributed by atoms with Gasteiger partial charge in [-0.05, 0) is 32.8 Å². The number of carbonyl (C=O) groups excluding carboxylic acids is 1. The van der Waals surface area contributed by atoms with Crippen molar-refractivity contribution in [1.29, 1.82) is 0 Å². The van der Waals surface area contributed by atoms with E-state index >= 15 is 0 Å². The second kappa shape index (κ2) is 9.92. The number of rotatable bonds is 7. The molecule has 0 radical (unpaired) electrons. The lowest BCUT2D eigenvalue weighted by atomic mass is 9.96. The van der Waals surface area contributed by atoms with Crippen molar-refractivity contribution in [3.63, 3.8) is 0 Å². The van der Waals surface area contributed by atoms with Crippen LogP contribution in [0.1, 0.15) is 55.6 Å². The summed E-state index contributed by atoms with van der Waals surface area (Å²) in [5, 5.41) is 0.996. The molecule has 8 nitrogen and oxygen atoms in total. The molecule has 0 spiro atoms. The maximum atomic E-state index is 13.1. The first-order valence-corrected chi connectivity index (χ1v) is 14.6. The monoisotopic (exact) mass is 499 g/mol. The van der Waals surface area contributed by atoms with Crippen LogP contribution in [0.25, 0.3) is 9.53 Å². The lowest BCUT2D eigenvalue weighted by molar-refractivity contribution is 0.0698. The zero-order valence-corrected chi connectivity index (χ0v) is 21.6. The Bertz CT molecular complexity index is 1000. The molecular weight excluding hydrogens is 466 g/mol. The van der Waals surface area contributed by atoms with E-state index in [0.717, 1.165) is 53.4 Å². The summed E-state index contributed by atoms with van der Waals surface area (Å²) in [4.78, 5) is 23.3. The summed E-state index contributed by atoms with van der Waals surface area (Å²) in [5.41, 5.74) is 0.